The number of nitrogens with zero attached hydrogens (tertiary/aromatic N) is 2. The van der Waals surface area contributed by atoms with E-state index in [2.05, 4.69) is 0 Å². The molecule has 5 rings (SSSR count). The number of amides is 2. The van der Waals surface area contributed by atoms with Crippen LogP contribution < -0.4 is 9.96 Å². The smallest absolute Gasteiger partial charge is 0.266 e. The summed E-state index contributed by atoms with van der Waals surface area (Å²) >= 11 is 0. The Morgan fingerprint density at radius 2 is 1.45 bits per heavy atom. The highest BCUT2D eigenvalue weighted by molar-refractivity contribution is 6.24. The molecule has 3 atom stereocenters. The highest BCUT2D eigenvalue weighted by Crippen LogP contribution is 2.47. The van der Waals surface area contributed by atoms with Crippen LogP contribution in [0.15, 0.2) is 72.8 Å². The zero-order chi connectivity index (χ0) is 21.7. The van der Waals surface area contributed by atoms with Crippen LogP contribution in [0.25, 0.3) is 0 Å². The minimum atomic E-state index is -0.847. The minimum Gasteiger partial charge on any atom is -0.273 e. The number of imide groups is 1. The fraction of sp³-hybridized carbons (Fsp3) is 0.231. The van der Waals surface area contributed by atoms with Gasteiger partial charge in [-0.15, -0.1) is 0 Å². The lowest BCUT2D eigenvalue weighted by Gasteiger charge is -2.29. The van der Waals surface area contributed by atoms with Crippen molar-refractivity contribution >= 4 is 23.2 Å². The molecule has 2 aliphatic heterocycles. The maximum absolute atomic E-state index is 13.7. The van der Waals surface area contributed by atoms with E-state index in [-0.39, 0.29) is 17.9 Å². The Balaban J connectivity index is 1.59. The maximum atomic E-state index is 13.7. The van der Waals surface area contributed by atoms with Crippen molar-refractivity contribution in [2.75, 3.05) is 9.96 Å². The summed E-state index contributed by atoms with van der Waals surface area (Å²) in [7, 11) is 0. The number of benzene rings is 3. The molecular weight excluding hydrogens is 388 g/mol. The van der Waals surface area contributed by atoms with Crippen molar-refractivity contribution in [1.82, 2.24) is 0 Å². The van der Waals surface area contributed by atoms with E-state index in [0.717, 1.165) is 27.9 Å². The maximum Gasteiger partial charge on any atom is 0.266 e. The standard InChI is InChI=1S/C26H24N2O3/c1-16-9-12-19(13-10-16)23-22-24(31-28(23)20-7-5-4-6-8-20)26(30)27(25(22)29)21-14-11-17(2)15-18(21)3/h4-15,22-24H,1-3H3/t22-,23-,24+/m1/s1. The van der Waals surface area contributed by atoms with Crippen LogP contribution in [0.2, 0.25) is 0 Å². The van der Waals surface area contributed by atoms with Crippen molar-refractivity contribution in [3.05, 3.63) is 95.1 Å². The zero-order valence-corrected chi connectivity index (χ0v) is 17.8. The topological polar surface area (TPSA) is 49.9 Å². The van der Waals surface area contributed by atoms with Crippen LogP contribution in [-0.2, 0) is 14.4 Å². The van der Waals surface area contributed by atoms with E-state index in [4.69, 9.17) is 4.84 Å². The van der Waals surface area contributed by atoms with Gasteiger partial charge in [0, 0.05) is 0 Å². The summed E-state index contributed by atoms with van der Waals surface area (Å²) in [6.07, 6.45) is -0.847. The Morgan fingerprint density at radius 3 is 2.13 bits per heavy atom. The largest absolute Gasteiger partial charge is 0.273 e. The van der Waals surface area contributed by atoms with Crippen molar-refractivity contribution < 1.29 is 14.4 Å². The number of hydrogen-bond acceptors (Lipinski definition) is 4. The van der Waals surface area contributed by atoms with Crippen LogP contribution in [-0.4, -0.2) is 17.9 Å². The van der Waals surface area contributed by atoms with Crippen LogP contribution in [0.3, 0.4) is 0 Å². The van der Waals surface area contributed by atoms with E-state index < -0.39 is 12.0 Å². The Bertz CT molecular complexity index is 1160. The summed E-state index contributed by atoms with van der Waals surface area (Å²) in [5.74, 6) is -1.14. The van der Waals surface area contributed by atoms with Gasteiger partial charge in [0.1, 0.15) is 5.92 Å². The monoisotopic (exact) mass is 412 g/mol. The van der Waals surface area contributed by atoms with E-state index in [9.17, 15) is 9.59 Å². The number of fused-ring (bicyclic) bond motifs is 1. The first-order chi connectivity index (χ1) is 15.0. The Labute approximate surface area is 181 Å². The number of rotatable bonds is 3. The highest BCUT2D eigenvalue weighted by atomic mass is 16.7. The fourth-order valence-electron chi connectivity index (χ4n) is 4.61. The quantitative estimate of drug-likeness (QED) is 0.587. The third-order valence-electron chi connectivity index (χ3n) is 6.14. The predicted molar refractivity (Wildman–Crippen MR) is 120 cm³/mol. The first-order valence-electron chi connectivity index (χ1n) is 10.5. The number of anilines is 2. The summed E-state index contributed by atoms with van der Waals surface area (Å²) in [6, 6.07) is 23.1. The third-order valence-corrected chi connectivity index (χ3v) is 6.14. The van der Waals surface area contributed by atoms with E-state index in [1.165, 1.54) is 4.90 Å². The summed E-state index contributed by atoms with van der Waals surface area (Å²) in [4.78, 5) is 34.6. The summed E-state index contributed by atoms with van der Waals surface area (Å²) < 4.78 is 0. The van der Waals surface area contributed by atoms with Crippen LogP contribution >= 0.6 is 0 Å². The molecule has 0 bridgehead atoms. The molecule has 0 N–H and O–H groups in total. The van der Waals surface area contributed by atoms with Gasteiger partial charge in [-0.25, -0.2) is 9.96 Å². The van der Waals surface area contributed by atoms with Gasteiger partial charge in [0.25, 0.3) is 5.91 Å². The van der Waals surface area contributed by atoms with Gasteiger partial charge in [0.15, 0.2) is 6.10 Å². The lowest BCUT2D eigenvalue weighted by atomic mass is 9.90. The Kier molecular flexibility index (Phi) is 4.63. The van der Waals surface area contributed by atoms with Gasteiger partial charge in [-0.2, -0.15) is 0 Å². The first kappa shape index (κ1) is 19.5. The molecule has 156 valence electrons. The number of aryl methyl sites for hydroxylation is 3. The molecule has 0 aromatic heterocycles. The van der Waals surface area contributed by atoms with Crippen molar-refractivity contribution in [2.45, 2.75) is 32.9 Å². The van der Waals surface area contributed by atoms with Crippen LogP contribution in [0.4, 0.5) is 11.4 Å². The molecule has 2 fully saturated rings. The molecule has 3 aromatic carbocycles. The van der Waals surface area contributed by atoms with E-state index in [1.54, 1.807) is 5.06 Å². The van der Waals surface area contributed by atoms with Crippen LogP contribution in [0.1, 0.15) is 28.3 Å². The van der Waals surface area contributed by atoms with Crippen molar-refractivity contribution in [1.29, 1.82) is 0 Å². The minimum absolute atomic E-state index is 0.217. The molecule has 2 heterocycles. The van der Waals surface area contributed by atoms with Gasteiger partial charge >= 0.3 is 0 Å². The molecule has 0 aliphatic carbocycles. The fourth-order valence-corrected chi connectivity index (χ4v) is 4.61. The molecule has 5 nitrogen and oxygen atoms in total. The summed E-state index contributed by atoms with van der Waals surface area (Å²) in [5.41, 5.74) is 5.52. The van der Waals surface area contributed by atoms with E-state index >= 15 is 0 Å². The van der Waals surface area contributed by atoms with Gasteiger partial charge < -0.3 is 0 Å². The van der Waals surface area contributed by atoms with E-state index in [1.807, 2.05) is 93.6 Å². The molecule has 3 aromatic rings. The Morgan fingerprint density at radius 1 is 0.774 bits per heavy atom. The molecule has 31 heavy (non-hydrogen) atoms. The van der Waals surface area contributed by atoms with Gasteiger partial charge in [0.05, 0.1) is 17.4 Å². The average molecular weight is 412 g/mol. The molecule has 0 saturated carbocycles. The van der Waals surface area contributed by atoms with Crippen molar-refractivity contribution in [3.63, 3.8) is 0 Å². The SMILES string of the molecule is Cc1ccc([C@@H]2[C@H]3C(=O)N(c4ccc(C)cc4C)C(=O)[C@H]3ON2c2ccccc2)cc1. The van der Waals surface area contributed by atoms with Crippen molar-refractivity contribution in [2.24, 2.45) is 5.92 Å². The molecule has 2 saturated heterocycles. The number of carbonyl (C=O) groups excluding carboxylic acids is 2. The van der Waals surface area contributed by atoms with Crippen molar-refractivity contribution in [3.8, 4) is 0 Å². The van der Waals surface area contributed by atoms with Gasteiger partial charge in [-0.1, -0.05) is 65.7 Å². The average Bonchev–Trinajstić information content (AvgIpc) is 3.26. The van der Waals surface area contributed by atoms with Crippen LogP contribution in [0.5, 0.6) is 0 Å². The summed E-state index contributed by atoms with van der Waals surface area (Å²) in [5, 5.41) is 1.73. The molecular formula is C26H24N2O3. The molecule has 0 radical (unpaired) electrons. The molecule has 0 spiro atoms. The van der Waals surface area contributed by atoms with Gasteiger partial charge in [-0.3, -0.25) is 14.4 Å². The van der Waals surface area contributed by atoms with Gasteiger partial charge in [-0.05, 0) is 50.1 Å². The lowest BCUT2D eigenvalue weighted by molar-refractivity contribution is -0.126. The predicted octanol–water partition coefficient (Wildman–Crippen LogP) is 4.66. The number of para-hydroxylation sites is 1. The third kappa shape index (κ3) is 3.13. The second-order valence-electron chi connectivity index (χ2n) is 8.37. The lowest BCUT2D eigenvalue weighted by Crippen LogP contribution is -2.37. The number of hydrogen-bond donors (Lipinski definition) is 0. The highest BCUT2D eigenvalue weighted by Gasteiger charge is 2.60. The number of hydroxylamine groups is 1. The summed E-state index contributed by atoms with van der Waals surface area (Å²) in [6.45, 7) is 5.94. The molecule has 2 aliphatic rings. The molecule has 0 unspecified atom stereocenters. The first-order valence-corrected chi connectivity index (χ1v) is 10.5. The molecule has 5 heteroatoms. The number of carbonyl (C=O) groups is 2. The van der Waals surface area contributed by atoms with Crippen LogP contribution in [0, 0.1) is 26.7 Å². The normalized spacial score (nSPS) is 22.9. The Hall–Kier alpha value is -3.44. The molecule has 2 amide bonds. The van der Waals surface area contributed by atoms with Gasteiger partial charge in [0.2, 0.25) is 5.91 Å². The second kappa shape index (κ2) is 7.36. The van der Waals surface area contributed by atoms with E-state index in [0.29, 0.717) is 5.69 Å². The zero-order valence-electron chi connectivity index (χ0n) is 17.8. The second-order valence-corrected chi connectivity index (χ2v) is 8.37.